The van der Waals surface area contributed by atoms with Crippen LogP contribution in [0.2, 0.25) is 0 Å². The van der Waals surface area contributed by atoms with Crippen molar-refractivity contribution in [3.05, 3.63) is 51.6 Å². The molecule has 3 rings (SSSR count). The van der Waals surface area contributed by atoms with E-state index in [-0.39, 0.29) is 17.2 Å². The summed E-state index contributed by atoms with van der Waals surface area (Å²) in [6.45, 7) is 4.19. The molecule has 5 nitrogen and oxygen atoms in total. The lowest BCUT2D eigenvalue weighted by atomic mass is 10.0. The van der Waals surface area contributed by atoms with Crippen molar-refractivity contribution in [2.24, 2.45) is 7.05 Å². The Kier molecular flexibility index (Phi) is 5.24. The molecule has 0 fully saturated rings. The van der Waals surface area contributed by atoms with E-state index in [1.165, 1.54) is 27.7 Å². The summed E-state index contributed by atoms with van der Waals surface area (Å²) in [4.78, 5) is 29.1. The van der Waals surface area contributed by atoms with E-state index in [9.17, 15) is 9.59 Å². The van der Waals surface area contributed by atoms with Crippen LogP contribution in [0.5, 0.6) is 0 Å². The van der Waals surface area contributed by atoms with Gasteiger partial charge in [-0.15, -0.1) is 11.3 Å². The Morgan fingerprint density at radius 1 is 1.32 bits per heavy atom. The topological polar surface area (TPSA) is 64.0 Å². The van der Waals surface area contributed by atoms with Crippen molar-refractivity contribution in [2.75, 3.05) is 11.1 Å². The molecule has 0 saturated carbocycles. The van der Waals surface area contributed by atoms with Gasteiger partial charge in [0.05, 0.1) is 11.3 Å². The zero-order chi connectivity index (χ0) is 18.0. The second kappa shape index (κ2) is 7.41. The van der Waals surface area contributed by atoms with Crippen molar-refractivity contribution in [3.8, 4) is 0 Å². The van der Waals surface area contributed by atoms with Crippen LogP contribution >= 0.6 is 23.1 Å². The first kappa shape index (κ1) is 17.7. The SMILES string of the molecule is CC(C)c1ccccc1NC(=O)CSc1nc2ccsc2c(=O)n1C. The quantitative estimate of drug-likeness (QED) is 0.545. The number of thioether (sulfide) groups is 1. The summed E-state index contributed by atoms with van der Waals surface area (Å²) in [6, 6.07) is 9.62. The summed E-state index contributed by atoms with van der Waals surface area (Å²) in [7, 11) is 1.68. The van der Waals surface area contributed by atoms with Gasteiger partial charge in [-0.2, -0.15) is 0 Å². The van der Waals surface area contributed by atoms with Crippen molar-refractivity contribution in [3.63, 3.8) is 0 Å². The Hall–Kier alpha value is -2.12. The number of hydrogen-bond donors (Lipinski definition) is 1. The van der Waals surface area contributed by atoms with Crippen LogP contribution in [0.15, 0.2) is 45.7 Å². The van der Waals surface area contributed by atoms with E-state index in [4.69, 9.17) is 0 Å². The number of benzene rings is 1. The lowest BCUT2D eigenvalue weighted by Crippen LogP contribution is -2.21. The molecular weight excluding hydrogens is 354 g/mol. The third-order valence-electron chi connectivity index (χ3n) is 3.84. The fourth-order valence-corrected chi connectivity index (χ4v) is 4.10. The standard InChI is InChI=1S/C18H19N3O2S2/c1-11(2)12-6-4-5-7-13(12)19-15(22)10-25-18-20-14-8-9-24-16(14)17(23)21(18)3/h4-9,11H,10H2,1-3H3,(H,19,22). The Labute approximate surface area is 154 Å². The number of fused-ring (bicyclic) bond motifs is 1. The fraction of sp³-hybridized carbons (Fsp3) is 0.278. The molecule has 0 saturated heterocycles. The second-order valence-electron chi connectivity index (χ2n) is 5.97. The molecule has 7 heteroatoms. The zero-order valence-corrected chi connectivity index (χ0v) is 15.9. The third kappa shape index (κ3) is 3.77. The van der Waals surface area contributed by atoms with E-state index in [0.717, 1.165) is 11.3 Å². The number of aromatic nitrogens is 2. The van der Waals surface area contributed by atoms with Crippen LogP contribution in [-0.2, 0) is 11.8 Å². The van der Waals surface area contributed by atoms with E-state index in [1.807, 2.05) is 35.7 Å². The Morgan fingerprint density at radius 2 is 2.08 bits per heavy atom. The summed E-state index contributed by atoms with van der Waals surface area (Å²) < 4.78 is 2.14. The van der Waals surface area contributed by atoms with Gasteiger partial charge in [-0.3, -0.25) is 14.2 Å². The smallest absolute Gasteiger partial charge is 0.271 e. The summed E-state index contributed by atoms with van der Waals surface area (Å²) in [5.41, 5.74) is 2.54. The molecule has 1 aromatic carbocycles. The van der Waals surface area contributed by atoms with Crippen molar-refractivity contribution in [1.82, 2.24) is 9.55 Å². The predicted molar refractivity (Wildman–Crippen MR) is 105 cm³/mol. The van der Waals surface area contributed by atoms with E-state index in [1.54, 1.807) is 7.05 Å². The highest BCUT2D eigenvalue weighted by Gasteiger charge is 2.13. The highest BCUT2D eigenvalue weighted by Crippen LogP contribution is 2.24. The number of thiophene rings is 1. The molecular formula is C18H19N3O2S2. The van der Waals surface area contributed by atoms with E-state index < -0.39 is 0 Å². The van der Waals surface area contributed by atoms with Crippen LogP contribution < -0.4 is 10.9 Å². The molecule has 25 heavy (non-hydrogen) atoms. The van der Waals surface area contributed by atoms with Crippen LogP contribution in [-0.4, -0.2) is 21.2 Å². The maximum absolute atomic E-state index is 12.3. The molecule has 0 bridgehead atoms. The molecule has 0 unspecified atom stereocenters. The van der Waals surface area contributed by atoms with Crippen molar-refractivity contribution >= 4 is 44.9 Å². The monoisotopic (exact) mass is 373 g/mol. The summed E-state index contributed by atoms with van der Waals surface area (Å²) in [5.74, 6) is 0.410. The van der Waals surface area contributed by atoms with Gasteiger partial charge in [0, 0.05) is 12.7 Å². The highest BCUT2D eigenvalue weighted by molar-refractivity contribution is 7.99. The molecule has 2 heterocycles. The summed E-state index contributed by atoms with van der Waals surface area (Å²) in [6.07, 6.45) is 0. The number of nitrogens with zero attached hydrogens (tertiary/aromatic N) is 2. The maximum atomic E-state index is 12.3. The number of amides is 1. The minimum Gasteiger partial charge on any atom is -0.325 e. The van der Waals surface area contributed by atoms with Crippen molar-refractivity contribution in [2.45, 2.75) is 24.9 Å². The molecule has 0 spiro atoms. The lowest BCUT2D eigenvalue weighted by molar-refractivity contribution is -0.113. The number of rotatable bonds is 5. The number of anilines is 1. The molecule has 0 aliphatic heterocycles. The first-order valence-corrected chi connectivity index (χ1v) is 9.79. The average Bonchev–Trinajstić information content (AvgIpc) is 3.05. The second-order valence-corrected chi connectivity index (χ2v) is 7.83. The Balaban J connectivity index is 1.73. The van der Waals surface area contributed by atoms with Crippen LogP contribution in [0.1, 0.15) is 25.3 Å². The van der Waals surface area contributed by atoms with Gasteiger partial charge in [0.15, 0.2) is 5.16 Å². The fourth-order valence-electron chi connectivity index (χ4n) is 2.53. The van der Waals surface area contributed by atoms with Crippen LogP contribution in [0.3, 0.4) is 0 Å². The maximum Gasteiger partial charge on any atom is 0.271 e. The average molecular weight is 374 g/mol. The first-order valence-electron chi connectivity index (χ1n) is 7.93. The summed E-state index contributed by atoms with van der Waals surface area (Å²) >= 11 is 2.65. The van der Waals surface area contributed by atoms with Crippen molar-refractivity contribution < 1.29 is 4.79 Å². The van der Waals surface area contributed by atoms with E-state index in [2.05, 4.69) is 24.1 Å². The van der Waals surface area contributed by atoms with Gasteiger partial charge in [-0.05, 0) is 29.0 Å². The minimum absolute atomic E-state index is 0.0759. The van der Waals surface area contributed by atoms with Gasteiger partial charge in [-0.25, -0.2) is 4.98 Å². The molecule has 0 aliphatic carbocycles. The number of nitrogens with one attached hydrogen (secondary N) is 1. The van der Waals surface area contributed by atoms with E-state index >= 15 is 0 Å². The number of hydrogen-bond acceptors (Lipinski definition) is 5. The zero-order valence-electron chi connectivity index (χ0n) is 14.3. The third-order valence-corrected chi connectivity index (χ3v) is 5.76. The Morgan fingerprint density at radius 3 is 2.84 bits per heavy atom. The first-order chi connectivity index (χ1) is 12.0. The molecule has 1 N–H and O–H groups in total. The highest BCUT2D eigenvalue weighted by atomic mass is 32.2. The van der Waals surface area contributed by atoms with Crippen LogP contribution in [0.4, 0.5) is 5.69 Å². The molecule has 0 radical (unpaired) electrons. The number of para-hydroxylation sites is 1. The molecule has 130 valence electrons. The molecule has 0 atom stereocenters. The number of carbonyl (C=O) groups excluding carboxylic acids is 1. The van der Waals surface area contributed by atoms with Gasteiger partial charge in [-0.1, -0.05) is 43.8 Å². The van der Waals surface area contributed by atoms with Gasteiger partial charge in [0.2, 0.25) is 5.91 Å². The van der Waals surface area contributed by atoms with Crippen molar-refractivity contribution in [1.29, 1.82) is 0 Å². The molecule has 3 aromatic rings. The van der Waals surface area contributed by atoms with Gasteiger partial charge in [0.25, 0.3) is 5.56 Å². The predicted octanol–water partition coefficient (Wildman–Crippen LogP) is 3.85. The lowest BCUT2D eigenvalue weighted by Gasteiger charge is -2.13. The molecule has 2 aromatic heterocycles. The van der Waals surface area contributed by atoms with Gasteiger partial charge in [0.1, 0.15) is 4.70 Å². The van der Waals surface area contributed by atoms with Crippen LogP contribution in [0.25, 0.3) is 10.2 Å². The van der Waals surface area contributed by atoms with Crippen LogP contribution in [0, 0.1) is 0 Å². The number of carbonyl (C=O) groups is 1. The largest absolute Gasteiger partial charge is 0.325 e. The Bertz CT molecular complexity index is 976. The van der Waals surface area contributed by atoms with Gasteiger partial charge < -0.3 is 5.32 Å². The molecule has 1 amide bonds. The van der Waals surface area contributed by atoms with Gasteiger partial charge >= 0.3 is 0 Å². The minimum atomic E-state index is -0.113. The normalized spacial score (nSPS) is 11.2. The molecule has 0 aliphatic rings. The van der Waals surface area contributed by atoms with E-state index in [0.29, 0.717) is 21.3 Å². The summed E-state index contributed by atoms with van der Waals surface area (Å²) in [5, 5.41) is 5.35.